The van der Waals surface area contributed by atoms with E-state index < -0.39 is 0 Å². The van der Waals surface area contributed by atoms with Crippen LogP contribution in [0.3, 0.4) is 0 Å². The Balaban J connectivity index is 1.72. The molecule has 1 aromatic heterocycles. The van der Waals surface area contributed by atoms with Crippen LogP contribution in [0.2, 0.25) is 10.0 Å². The molecule has 1 aromatic carbocycles. The summed E-state index contributed by atoms with van der Waals surface area (Å²) in [5, 5.41) is 4.42. The van der Waals surface area contributed by atoms with Gasteiger partial charge in [0, 0.05) is 29.9 Å². The van der Waals surface area contributed by atoms with E-state index in [4.69, 9.17) is 27.9 Å². The Morgan fingerprint density at radius 1 is 1.25 bits per heavy atom. The van der Waals surface area contributed by atoms with Gasteiger partial charge in [-0.2, -0.15) is 0 Å². The van der Waals surface area contributed by atoms with E-state index in [1.54, 1.807) is 30.6 Å². The first-order chi connectivity index (χ1) is 9.70. The van der Waals surface area contributed by atoms with E-state index in [-0.39, 0.29) is 0 Å². The van der Waals surface area contributed by atoms with Crippen LogP contribution >= 0.6 is 23.2 Å². The monoisotopic (exact) mass is 309 g/mol. The number of benzene rings is 1. The SMILES string of the molecule is Clc1ccc(Cl)c(Oc2cncc(CNC3CC3)n2)c1. The third-order valence-electron chi connectivity index (χ3n) is 2.92. The van der Waals surface area contributed by atoms with Crippen LogP contribution in [0, 0.1) is 0 Å². The lowest BCUT2D eigenvalue weighted by Gasteiger charge is -2.08. The summed E-state index contributed by atoms with van der Waals surface area (Å²) in [6, 6.07) is 5.67. The number of hydrogen-bond acceptors (Lipinski definition) is 4. The molecule has 0 bridgehead atoms. The lowest BCUT2D eigenvalue weighted by molar-refractivity contribution is 0.456. The summed E-state index contributed by atoms with van der Waals surface area (Å²) in [5.41, 5.74) is 0.840. The highest BCUT2D eigenvalue weighted by Gasteiger charge is 2.20. The second-order valence-corrected chi connectivity index (χ2v) is 5.52. The van der Waals surface area contributed by atoms with Crippen molar-refractivity contribution in [2.24, 2.45) is 0 Å². The summed E-state index contributed by atoms with van der Waals surface area (Å²) in [5.74, 6) is 0.880. The van der Waals surface area contributed by atoms with Gasteiger partial charge < -0.3 is 10.1 Å². The Kier molecular flexibility index (Phi) is 4.05. The molecule has 1 heterocycles. The Bertz CT molecular complexity index is 617. The Labute approximate surface area is 127 Å². The molecule has 1 N–H and O–H groups in total. The van der Waals surface area contributed by atoms with E-state index in [2.05, 4.69) is 15.3 Å². The summed E-state index contributed by atoms with van der Waals surface area (Å²) < 4.78 is 5.64. The van der Waals surface area contributed by atoms with Gasteiger partial charge in [-0.15, -0.1) is 0 Å². The van der Waals surface area contributed by atoms with Crippen molar-refractivity contribution in [2.75, 3.05) is 0 Å². The average Bonchev–Trinajstić information content (AvgIpc) is 3.25. The fraction of sp³-hybridized carbons (Fsp3) is 0.286. The topological polar surface area (TPSA) is 47.0 Å². The molecule has 1 saturated carbocycles. The van der Waals surface area contributed by atoms with Gasteiger partial charge in [0.05, 0.1) is 16.9 Å². The van der Waals surface area contributed by atoms with Crippen molar-refractivity contribution in [3.63, 3.8) is 0 Å². The largest absolute Gasteiger partial charge is 0.436 e. The molecule has 1 aliphatic rings. The Morgan fingerprint density at radius 3 is 2.90 bits per heavy atom. The van der Waals surface area contributed by atoms with Gasteiger partial charge in [-0.1, -0.05) is 23.2 Å². The highest BCUT2D eigenvalue weighted by Crippen LogP contribution is 2.30. The normalized spacial score (nSPS) is 14.3. The number of hydrogen-bond donors (Lipinski definition) is 1. The van der Waals surface area contributed by atoms with Gasteiger partial charge in [0.15, 0.2) is 0 Å². The minimum Gasteiger partial charge on any atom is -0.436 e. The van der Waals surface area contributed by atoms with Crippen molar-refractivity contribution >= 4 is 23.2 Å². The van der Waals surface area contributed by atoms with Crippen molar-refractivity contribution in [1.29, 1.82) is 0 Å². The van der Waals surface area contributed by atoms with Crippen molar-refractivity contribution in [2.45, 2.75) is 25.4 Å². The van der Waals surface area contributed by atoms with Crippen molar-refractivity contribution < 1.29 is 4.74 Å². The first-order valence-electron chi connectivity index (χ1n) is 6.38. The van der Waals surface area contributed by atoms with Crippen LogP contribution in [0.5, 0.6) is 11.6 Å². The standard InChI is InChI=1S/C14H13Cl2N3O/c15-9-1-4-12(16)13(5-9)20-14-8-17-6-11(19-14)7-18-10-2-3-10/h1,4-6,8,10,18H,2-3,7H2. The molecule has 20 heavy (non-hydrogen) atoms. The second-order valence-electron chi connectivity index (χ2n) is 4.68. The molecule has 0 unspecified atom stereocenters. The zero-order valence-corrected chi connectivity index (χ0v) is 12.2. The van der Waals surface area contributed by atoms with Gasteiger partial charge in [-0.3, -0.25) is 4.98 Å². The summed E-state index contributed by atoms with van der Waals surface area (Å²) in [4.78, 5) is 8.52. The molecule has 0 amide bonds. The van der Waals surface area contributed by atoms with Gasteiger partial charge in [0.2, 0.25) is 5.88 Å². The number of rotatable bonds is 5. The van der Waals surface area contributed by atoms with Gasteiger partial charge in [-0.05, 0) is 25.0 Å². The predicted molar refractivity (Wildman–Crippen MR) is 78.4 cm³/mol. The van der Waals surface area contributed by atoms with Gasteiger partial charge in [0.1, 0.15) is 5.75 Å². The molecule has 3 rings (SSSR count). The molecular weight excluding hydrogens is 297 g/mol. The van der Waals surface area contributed by atoms with Crippen molar-refractivity contribution in [3.8, 4) is 11.6 Å². The van der Waals surface area contributed by atoms with Crippen LogP contribution in [0.1, 0.15) is 18.5 Å². The molecule has 1 fully saturated rings. The van der Waals surface area contributed by atoms with E-state index in [9.17, 15) is 0 Å². The quantitative estimate of drug-likeness (QED) is 0.912. The maximum atomic E-state index is 6.05. The summed E-state index contributed by atoms with van der Waals surface area (Å²) >= 11 is 12.0. The van der Waals surface area contributed by atoms with Crippen LogP contribution in [0.4, 0.5) is 0 Å². The predicted octanol–water partition coefficient (Wildman–Crippen LogP) is 3.83. The van der Waals surface area contributed by atoms with E-state index in [0.717, 1.165) is 5.69 Å². The van der Waals surface area contributed by atoms with Crippen LogP contribution in [0.15, 0.2) is 30.6 Å². The minimum absolute atomic E-state index is 0.407. The number of halogens is 2. The molecule has 0 radical (unpaired) electrons. The molecule has 2 aromatic rings. The van der Waals surface area contributed by atoms with Crippen LogP contribution < -0.4 is 10.1 Å². The summed E-state index contributed by atoms with van der Waals surface area (Å²) in [6.07, 6.45) is 5.75. The summed E-state index contributed by atoms with van der Waals surface area (Å²) in [7, 11) is 0. The Morgan fingerprint density at radius 2 is 2.10 bits per heavy atom. The summed E-state index contributed by atoms with van der Waals surface area (Å²) in [6.45, 7) is 0.693. The van der Waals surface area contributed by atoms with Gasteiger partial charge >= 0.3 is 0 Å². The van der Waals surface area contributed by atoms with E-state index >= 15 is 0 Å². The third kappa shape index (κ3) is 3.60. The average molecular weight is 310 g/mol. The maximum Gasteiger partial charge on any atom is 0.238 e. The second kappa shape index (κ2) is 5.95. The van der Waals surface area contributed by atoms with E-state index in [1.165, 1.54) is 12.8 Å². The molecule has 0 spiro atoms. The van der Waals surface area contributed by atoms with Crippen LogP contribution in [-0.2, 0) is 6.54 Å². The van der Waals surface area contributed by atoms with Crippen LogP contribution in [-0.4, -0.2) is 16.0 Å². The Hall–Kier alpha value is -1.36. The maximum absolute atomic E-state index is 6.05. The molecule has 0 aliphatic heterocycles. The molecule has 1 aliphatic carbocycles. The molecule has 104 valence electrons. The number of ether oxygens (including phenoxy) is 1. The van der Waals surface area contributed by atoms with Crippen LogP contribution in [0.25, 0.3) is 0 Å². The lowest BCUT2D eigenvalue weighted by atomic mass is 10.3. The number of aromatic nitrogens is 2. The van der Waals surface area contributed by atoms with E-state index in [1.807, 2.05) is 0 Å². The number of nitrogens with zero attached hydrogens (tertiary/aromatic N) is 2. The third-order valence-corrected chi connectivity index (χ3v) is 3.47. The molecular formula is C14H13Cl2N3O. The zero-order chi connectivity index (χ0) is 13.9. The highest BCUT2D eigenvalue weighted by atomic mass is 35.5. The first kappa shape index (κ1) is 13.6. The zero-order valence-electron chi connectivity index (χ0n) is 10.6. The van der Waals surface area contributed by atoms with E-state index in [0.29, 0.717) is 34.3 Å². The highest BCUT2D eigenvalue weighted by molar-refractivity contribution is 6.34. The minimum atomic E-state index is 0.407. The number of nitrogens with one attached hydrogen (secondary N) is 1. The smallest absolute Gasteiger partial charge is 0.238 e. The molecule has 6 heteroatoms. The van der Waals surface area contributed by atoms with Crippen molar-refractivity contribution in [1.82, 2.24) is 15.3 Å². The fourth-order valence-corrected chi connectivity index (χ4v) is 2.04. The molecule has 0 saturated heterocycles. The molecule has 4 nitrogen and oxygen atoms in total. The molecule has 0 atom stereocenters. The van der Waals surface area contributed by atoms with Gasteiger partial charge in [-0.25, -0.2) is 4.98 Å². The fourth-order valence-electron chi connectivity index (χ4n) is 1.73. The lowest BCUT2D eigenvalue weighted by Crippen LogP contribution is -2.16. The first-order valence-corrected chi connectivity index (χ1v) is 7.13. The van der Waals surface area contributed by atoms with Gasteiger partial charge in [0.25, 0.3) is 0 Å². The van der Waals surface area contributed by atoms with Crippen molar-refractivity contribution in [3.05, 3.63) is 46.3 Å².